The number of nitrogens with one attached hydrogen (secondary N) is 1. The molecule has 25 heavy (non-hydrogen) atoms. The predicted molar refractivity (Wildman–Crippen MR) is 98.4 cm³/mol. The highest BCUT2D eigenvalue weighted by Crippen LogP contribution is 2.29. The van der Waals surface area contributed by atoms with Gasteiger partial charge in [0, 0.05) is 10.9 Å². The summed E-state index contributed by atoms with van der Waals surface area (Å²) < 4.78 is 6.94. The van der Waals surface area contributed by atoms with Gasteiger partial charge in [-0.3, -0.25) is 0 Å². The first-order valence-corrected chi connectivity index (χ1v) is 7.99. The molecule has 124 valence electrons. The van der Waals surface area contributed by atoms with Crippen molar-refractivity contribution in [1.29, 1.82) is 0 Å². The lowest BCUT2D eigenvalue weighted by Crippen LogP contribution is -2.16. The molecule has 0 amide bonds. The molecule has 0 saturated carbocycles. The second-order valence-electron chi connectivity index (χ2n) is 5.87. The van der Waals surface area contributed by atoms with Gasteiger partial charge < -0.3 is 4.74 Å². The molecule has 4 rings (SSSR count). The Morgan fingerprint density at radius 3 is 2.68 bits per heavy atom. The summed E-state index contributed by atoms with van der Waals surface area (Å²) in [5, 5.41) is 8.92. The van der Waals surface area contributed by atoms with Crippen molar-refractivity contribution in [3.63, 3.8) is 0 Å². The number of fused-ring (bicyclic) bond motifs is 1. The van der Waals surface area contributed by atoms with Crippen LogP contribution in [0.3, 0.4) is 0 Å². The summed E-state index contributed by atoms with van der Waals surface area (Å²) in [5.41, 5.74) is 2.40. The number of H-pyrrole nitrogens is 1. The third kappa shape index (κ3) is 2.50. The first-order valence-electron chi connectivity index (χ1n) is 7.99. The molecule has 0 aliphatic heterocycles. The second kappa shape index (κ2) is 5.94. The number of aromatic amines is 1. The van der Waals surface area contributed by atoms with Crippen molar-refractivity contribution >= 4 is 10.8 Å². The Morgan fingerprint density at radius 2 is 1.84 bits per heavy atom. The molecule has 0 spiro atoms. The molecule has 0 fully saturated rings. The van der Waals surface area contributed by atoms with Crippen molar-refractivity contribution in [2.45, 2.75) is 6.92 Å². The number of methoxy groups -OCH3 is 1. The van der Waals surface area contributed by atoms with E-state index in [2.05, 4.69) is 10.2 Å². The molecule has 5 heteroatoms. The standard InChI is InChI=1S/C20H17N3O2/c1-13-10-11-15(25-2)12-17(13)19-21-22-20(24)23(19)18-9-5-7-14-6-3-4-8-16(14)18/h3-12H,1-2H3,(H,22,24). The van der Waals surface area contributed by atoms with Gasteiger partial charge in [0.1, 0.15) is 5.75 Å². The second-order valence-corrected chi connectivity index (χ2v) is 5.87. The van der Waals surface area contributed by atoms with Crippen LogP contribution in [0.2, 0.25) is 0 Å². The van der Waals surface area contributed by atoms with Crippen molar-refractivity contribution in [3.8, 4) is 22.8 Å². The molecule has 0 saturated heterocycles. The molecule has 0 aliphatic carbocycles. The van der Waals surface area contributed by atoms with Gasteiger partial charge in [0.25, 0.3) is 0 Å². The third-order valence-electron chi connectivity index (χ3n) is 4.37. The largest absolute Gasteiger partial charge is 0.497 e. The van der Waals surface area contributed by atoms with E-state index in [9.17, 15) is 4.79 Å². The number of nitrogens with zero attached hydrogens (tertiary/aromatic N) is 2. The average Bonchev–Trinajstić information content (AvgIpc) is 3.03. The molecule has 0 bridgehead atoms. The normalized spacial score (nSPS) is 11.0. The maximum Gasteiger partial charge on any atom is 0.348 e. The number of hydrogen-bond donors (Lipinski definition) is 1. The summed E-state index contributed by atoms with van der Waals surface area (Å²) in [7, 11) is 1.62. The summed E-state index contributed by atoms with van der Waals surface area (Å²) >= 11 is 0. The van der Waals surface area contributed by atoms with E-state index in [-0.39, 0.29) is 5.69 Å². The Kier molecular flexibility index (Phi) is 3.61. The molecular weight excluding hydrogens is 314 g/mol. The Balaban J connectivity index is 2.02. The number of rotatable bonds is 3. The number of hydrogen-bond acceptors (Lipinski definition) is 3. The van der Waals surface area contributed by atoms with Crippen LogP contribution >= 0.6 is 0 Å². The maximum atomic E-state index is 12.5. The van der Waals surface area contributed by atoms with E-state index in [0.717, 1.165) is 33.3 Å². The maximum absolute atomic E-state index is 12.5. The molecule has 1 N–H and O–H groups in total. The topological polar surface area (TPSA) is 59.9 Å². The highest BCUT2D eigenvalue weighted by Gasteiger charge is 2.16. The highest BCUT2D eigenvalue weighted by molar-refractivity contribution is 5.90. The van der Waals surface area contributed by atoms with Crippen LogP contribution in [0.4, 0.5) is 0 Å². The quantitative estimate of drug-likeness (QED) is 0.623. The van der Waals surface area contributed by atoms with Crippen LogP contribution < -0.4 is 10.4 Å². The van der Waals surface area contributed by atoms with Crippen LogP contribution in [0, 0.1) is 6.92 Å². The van der Waals surface area contributed by atoms with Gasteiger partial charge in [-0.05, 0) is 36.1 Å². The number of ether oxygens (including phenoxy) is 1. The molecule has 1 heterocycles. The van der Waals surface area contributed by atoms with E-state index >= 15 is 0 Å². The summed E-state index contributed by atoms with van der Waals surface area (Å²) in [6.45, 7) is 1.99. The van der Waals surface area contributed by atoms with Gasteiger partial charge in [-0.25, -0.2) is 14.5 Å². The van der Waals surface area contributed by atoms with Crippen molar-refractivity contribution in [1.82, 2.24) is 14.8 Å². The van der Waals surface area contributed by atoms with Crippen LogP contribution in [0.1, 0.15) is 5.56 Å². The van der Waals surface area contributed by atoms with Gasteiger partial charge in [0.2, 0.25) is 0 Å². The number of aromatic nitrogens is 3. The number of aryl methyl sites for hydroxylation is 1. The molecule has 3 aromatic carbocycles. The van der Waals surface area contributed by atoms with Crippen LogP contribution in [0.15, 0.2) is 65.5 Å². The van der Waals surface area contributed by atoms with E-state index in [1.165, 1.54) is 0 Å². The Hall–Kier alpha value is -3.34. The average molecular weight is 331 g/mol. The first kappa shape index (κ1) is 15.2. The van der Waals surface area contributed by atoms with Crippen molar-refractivity contribution in [2.24, 2.45) is 0 Å². The van der Waals surface area contributed by atoms with Gasteiger partial charge in [-0.1, -0.05) is 42.5 Å². The minimum Gasteiger partial charge on any atom is -0.497 e. The lowest BCUT2D eigenvalue weighted by atomic mass is 10.1. The van der Waals surface area contributed by atoms with Gasteiger partial charge in [0.15, 0.2) is 5.82 Å². The summed E-state index contributed by atoms with van der Waals surface area (Å²) in [6, 6.07) is 19.6. The molecular formula is C20H17N3O2. The van der Waals surface area contributed by atoms with Crippen molar-refractivity contribution in [2.75, 3.05) is 7.11 Å². The van der Waals surface area contributed by atoms with Crippen LogP contribution in [0.25, 0.3) is 27.8 Å². The van der Waals surface area contributed by atoms with E-state index in [0.29, 0.717) is 5.82 Å². The van der Waals surface area contributed by atoms with Crippen LogP contribution in [-0.2, 0) is 0 Å². The molecule has 0 aliphatic rings. The summed E-state index contributed by atoms with van der Waals surface area (Å²) in [6.07, 6.45) is 0. The van der Waals surface area contributed by atoms with Gasteiger partial charge in [-0.15, -0.1) is 0 Å². The summed E-state index contributed by atoms with van der Waals surface area (Å²) in [4.78, 5) is 12.5. The van der Waals surface area contributed by atoms with Crippen LogP contribution in [0.5, 0.6) is 5.75 Å². The van der Waals surface area contributed by atoms with E-state index in [1.807, 2.05) is 67.6 Å². The lowest BCUT2D eigenvalue weighted by Gasteiger charge is -2.12. The molecule has 5 nitrogen and oxygen atoms in total. The van der Waals surface area contributed by atoms with Crippen molar-refractivity contribution < 1.29 is 4.74 Å². The zero-order valence-corrected chi connectivity index (χ0v) is 14.0. The number of benzene rings is 3. The van der Waals surface area contributed by atoms with Crippen molar-refractivity contribution in [3.05, 3.63) is 76.7 Å². The lowest BCUT2D eigenvalue weighted by molar-refractivity contribution is 0.415. The zero-order chi connectivity index (χ0) is 17.4. The monoisotopic (exact) mass is 331 g/mol. The fraction of sp³-hybridized carbons (Fsp3) is 0.100. The fourth-order valence-corrected chi connectivity index (χ4v) is 3.07. The highest BCUT2D eigenvalue weighted by atomic mass is 16.5. The van der Waals surface area contributed by atoms with E-state index in [4.69, 9.17) is 4.74 Å². The Labute approximate surface area is 144 Å². The van der Waals surface area contributed by atoms with E-state index < -0.39 is 0 Å². The smallest absolute Gasteiger partial charge is 0.348 e. The third-order valence-corrected chi connectivity index (χ3v) is 4.37. The van der Waals surface area contributed by atoms with Crippen LogP contribution in [-0.4, -0.2) is 21.9 Å². The fourth-order valence-electron chi connectivity index (χ4n) is 3.07. The van der Waals surface area contributed by atoms with Gasteiger partial charge in [-0.2, -0.15) is 5.10 Å². The SMILES string of the molecule is COc1ccc(C)c(-c2n[nH]c(=O)n2-c2cccc3ccccc23)c1. The zero-order valence-electron chi connectivity index (χ0n) is 14.0. The van der Waals surface area contributed by atoms with Gasteiger partial charge >= 0.3 is 5.69 Å². The molecule has 0 unspecified atom stereocenters. The first-order chi connectivity index (χ1) is 12.2. The summed E-state index contributed by atoms with van der Waals surface area (Å²) in [5.74, 6) is 1.29. The molecule has 0 atom stereocenters. The molecule has 4 aromatic rings. The van der Waals surface area contributed by atoms with Gasteiger partial charge in [0.05, 0.1) is 12.8 Å². The predicted octanol–water partition coefficient (Wildman–Crippen LogP) is 3.70. The minimum absolute atomic E-state index is 0.270. The Bertz CT molecular complexity index is 1120. The van der Waals surface area contributed by atoms with E-state index in [1.54, 1.807) is 11.7 Å². The Morgan fingerprint density at radius 1 is 1.04 bits per heavy atom. The molecule has 0 radical (unpaired) electrons. The minimum atomic E-state index is -0.270. The molecule has 1 aromatic heterocycles.